The lowest BCUT2D eigenvalue weighted by Gasteiger charge is -2.15. The lowest BCUT2D eigenvalue weighted by atomic mass is 9.93. The third-order valence-corrected chi connectivity index (χ3v) is 2.36. The predicted octanol–water partition coefficient (Wildman–Crippen LogP) is 1.49. The fourth-order valence-electron chi connectivity index (χ4n) is 1.40. The van der Waals surface area contributed by atoms with Gasteiger partial charge in [0.05, 0.1) is 0 Å². The number of hydrogen-bond donors (Lipinski definition) is 3. The third kappa shape index (κ3) is 5.00. The summed E-state index contributed by atoms with van der Waals surface area (Å²) < 4.78 is 0. The van der Waals surface area contributed by atoms with Crippen LogP contribution < -0.4 is 10.6 Å². The zero-order chi connectivity index (χ0) is 11.1. The Labute approximate surface area is 92.7 Å². The molecular formula is C12H23N3. The molecule has 3 heteroatoms. The average Bonchev–Trinajstić information content (AvgIpc) is 2.73. The first-order valence-electron chi connectivity index (χ1n) is 5.66. The standard InChI is InChI=1S/C8H13N.C4H10N2/c1-8(2,3)7-5-4-6-9-7;1-2-6-4-3-5-1/h4-6,9H,1-3H3;5-6H,1-4H2. The Hall–Kier alpha value is -0.800. The van der Waals surface area contributed by atoms with Gasteiger partial charge in [0.15, 0.2) is 0 Å². The topological polar surface area (TPSA) is 39.8 Å². The molecule has 1 fully saturated rings. The molecule has 3 nitrogen and oxygen atoms in total. The van der Waals surface area contributed by atoms with Gasteiger partial charge in [-0.2, -0.15) is 0 Å². The van der Waals surface area contributed by atoms with Gasteiger partial charge in [-0.3, -0.25) is 0 Å². The van der Waals surface area contributed by atoms with Crippen molar-refractivity contribution in [2.75, 3.05) is 26.2 Å². The van der Waals surface area contributed by atoms with Crippen LogP contribution in [-0.2, 0) is 5.41 Å². The van der Waals surface area contributed by atoms with E-state index in [4.69, 9.17) is 0 Å². The minimum atomic E-state index is 0.267. The quantitative estimate of drug-likeness (QED) is 0.606. The van der Waals surface area contributed by atoms with E-state index >= 15 is 0 Å². The van der Waals surface area contributed by atoms with Gasteiger partial charge in [-0.05, 0) is 12.1 Å². The largest absolute Gasteiger partial charge is 0.365 e. The molecule has 0 unspecified atom stereocenters. The van der Waals surface area contributed by atoms with Crippen LogP contribution in [-0.4, -0.2) is 31.2 Å². The molecule has 3 N–H and O–H groups in total. The highest BCUT2D eigenvalue weighted by atomic mass is 15.0. The Balaban J connectivity index is 0.000000162. The molecule has 0 bridgehead atoms. The highest BCUT2D eigenvalue weighted by Gasteiger charge is 2.12. The van der Waals surface area contributed by atoms with Gasteiger partial charge in [0, 0.05) is 43.5 Å². The monoisotopic (exact) mass is 209 g/mol. The number of hydrogen-bond acceptors (Lipinski definition) is 2. The van der Waals surface area contributed by atoms with Crippen molar-refractivity contribution in [3.8, 4) is 0 Å². The fourth-order valence-corrected chi connectivity index (χ4v) is 1.40. The lowest BCUT2D eigenvalue weighted by molar-refractivity contribution is 0.534. The van der Waals surface area contributed by atoms with Crippen molar-refractivity contribution in [1.29, 1.82) is 0 Å². The van der Waals surface area contributed by atoms with Crippen LogP contribution in [0.3, 0.4) is 0 Å². The highest BCUT2D eigenvalue weighted by molar-refractivity contribution is 5.12. The van der Waals surface area contributed by atoms with E-state index in [0.717, 1.165) is 26.2 Å². The first-order valence-corrected chi connectivity index (χ1v) is 5.66. The number of piperazine rings is 1. The Morgan fingerprint density at radius 2 is 1.53 bits per heavy atom. The molecule has 0 radical (unpaired) electrons. The van der Waals surface area contributed by atoms with Crippen LogP contribution in [0, 0.1) is 0 Å². The van der Waals surface area contributed by atoms with Crippen LogP contribution >= 0.6 is 0 Å². The van der Waals surface area contributed by atoms with Crippen molar-refractivity contribution in [3.05, 3.63) is 24.0 Å². The zero-order valence-corrected chi connectivity index (χ0v) is 10.1. The van der Waals surface area contributed by atoms with Gasteiger partial charge in [0.2, 0.25) is 0 Å². The van der Waals surface area contributed by atoms with Crippen LogP contribution in [0.4, 0.5) is 0 Å². The van der Waals surface area contributed by atoms with Crippen LogP contribution in [0.25, 0.3) is 0 Å². The van der Waals surface area contributed by atoms with Crippen molar-refractivity contribution in [3.63, 3.8) is 0 Å². The van der Waals surface area contributed by atoms with E-state index in [1.165, 1.54) is 5.69 Å². The number of aromatic amines is 1. The molecule has 1 aromatic rings. The molecule has 15 heavy (non-hydrogen) atoms. The number of aromatic nitrogens is 1. The smallest absolute Gasteiger partial charge is 0.0201 e. The van der Waals surface area contributed by atoms with Crippen LogP contribution in [0.2, 0.25) is 0 Å². The Kier molecular flexibility index (Phi) is 4.85. The molecular weight excluding hydrogens is 186 g/mol. The van der Waals surface area contributed by atoms with Gasteiger partial charge in [0.1, 0.15) is 0 Å². The summed E-state index contributed by atoms with van der Waals surface area (Å²) in [7, 11) is 0. The molecule has 1 aliphatic rings. The molecule has 0 aromatic carbocycles. The number of nitrogens with one attached hydrogen (secondary N) is 3. The molecule has 2 heterocycles. The summed E-state index contributed by atoms with van der Waals surface area (Å²) in [5.41, 5.74) is 1.56. The van der Waals surface area contributed by atoms with Crippen LogP contribution in [0.1, 0.15) is 26.5 Å². The Morgan fingerprint density at radius 3 is 1.73 bits per heavy atom. The van der Waals surface area contributed by atoms with E-state index < -0.39 is 0 Å². The van der Waals surface area contributed by atoms with Crippen molar-refractivity contribution in [2.24, 2.45) is 0 Å². The van der Waals surface area contributed by atoms with Crippen molar-refractivity contribution >= 4 is 0 Å². The lowest BCUT2D eigenvalue weighted by Crippen LogP contribution is -2.39. The summed E-state index contributed by atoms with van der Waals surface area (Å²) in [5.74, 6) is 0. The van der Waals surface area contributed by atoms with E-state index in [1.807, 2.05) is 12.3 Å². The first-order chi connectivity index (χ1) is 7.11. The SMILES string of the molecule is C1CNCCN1.CC(C)(C)c1ccc[nH]1. The van der Waals surface area contributed by atoms with Gasteiger partial charge in [-0.1, -0.05) is 20.8 Å². The minimum absolute atomic E-state index is 0.267. The second-order valence-electron chi connectivity index (χ2n) is 4.83. The Morgan fingerprint density at radius 1 is 1.00 bits per heavy atom. The van der Waals surface area contributed by atoms with Gasteiger partial charge in [-0.15, -0.1) is 0 Å². The second kappa shape index (κ2) is 5.93. The molecule has 0 aliphatic carbocycles. The maximum atomic E-state index is 3.22. The second-order valence-corrected chi connectivity index (χ2v) is 4.83. The van der Waals surface area contributed by atoms with Gasteiger partial charge in [-0.25, -0.2) is 0 Å². The fraction of sp³-hybridized carbons (Fsp3) is 0.667. The Bertz CT molecular complexity index is 231. The maximum Gasteiger partial charge on any atom is 0.0201 e. The summed E-state index contributed by atoms with van der Waals surface area (Å²) in [4.78, 5) is 3.18. The van der Waals surface area contributed by atoms with Crippen LogP contribution in [0.15, 0.2) is 18.3 Å². The molecule has 86 valence electrons. The summed E-state index contributed by atoms with van der Waals surface area (Å²) in [6.07, 6.45) is 1.96. The third-order valence-electron chi connectivity index (χ3n) is 2.36. The van der Waals surface area contributed by atoms with Gasteiger partial charge in [0.25, 0.3) is 0 Å². The highest BCUT2D eigenvalue weighted by Crippen LogP contribution is 2.18. The van der Waals surface area contributed by atoms with Gasteiger partial charge >= 0.3 is 0 Å². The number of rotatable bonds is 0. The van der Waals surface area contributed by atoms with E-state index in [-0.39, 0.29) is 5.41 Å². The number of H-pyrrole nitrogens is 1. The molecule has 0 atom stereocenters. The first kappa shape index (κ1) is 12.3. The average molecular weight is 209 g/mol. The zero-order valence-electron chi connectivity index (χ0n) is 10.1. The molecule has 0 spiro atoms. The minimum Gasteiger partial charge on any atom is -0.365 e. The summed E-state index contributed by atoms with van der Waals surface area (Å²) in [5, 5.41) is 6.44. The molecule has 0 saturated carbocycles. The molecule has 1 saturated heterocycles. The van der Waals surface area contributed by atoms with Crippen molar-refractivity contribution in [2.45, 2.75) is 26.2 Å². The van der Waals surface area contributed by atoms with E-state index in [1.54, 1.807) is 0 Å². The predicted molar refractivity (Wildman–Crippen MR) is 65.2 cm³/mol. The summed E-state index contributed by atoms with van der Waals surface area (Å²) in [6.45, 7) is 11.1. The van der Waals surface area contributed by atoms with Crippen LogP contribution in [0.5, 0.6) is 0 Å². The molecule has 1 aliphatic heterocycles. The normalized spacial score (nSPS) is 16.7. The molecule has 2 rings (SSSR count). The maximum absolute atomic E-state index is 3.22. The summed E-state index contributed by atoms with van der Waals surface area (Å²) >= 11 is 0. The van der Waals surface area contributed by atoms with E-state index in [2.05, 4.69) is 42.5 Å². The van der Waals surface area contributed by atoms with Gasteiger partial charge < -0.3 is 15.6 Å². The van der Waals surface area contributed by atoms with Crippen molar-refractivity contribution in [1.82, 2.24) is 15.6 Å². The van der Waals surface area contributed by atoms with Crippen molar-refractivity contribution < 1.29 is 0 Å². The molecule has 0 amide bonds. The van der Waals surface area contributed by atoms with E-state index in [0.29, 0.717) is 0 Å². The van der Waals surface area contributed by atoms with E-state index in [9.17, 15) is 0 Å². The summed E-state index contributed by atoms with van der Waals surface area (Å²) in [6, 6.07) is 4.14. The molecule has 1 aromatic heterocycles.